The SMILES string of the molecule is c1ccc(-c2cccc(-n3c4ccccc4c4cc(-c5ccc6c(c5)c5ccccc5n6-c5ccc6c(c5)oc5ccccc56)ccc43)c2)cc1.c1ccc(-n2c3ccccc3c3cc(-c4ccc5c(c4)c4ccccc4n5-c4cccc5c4sc4ccccc45)ccc32)cc1. The molecule has 6 heteroatoms. The molecule has 448 valence electrons. The predicted octanol–water partition coefficient (Wildman–Crippen LogP) is 25.0. The van der Waals surface area contributed by atoms with Crippen molar-refractivity contribution in [1.29, 1.82) is 0 Å². The second kappa shape index (κ2) is 21.6. The van der Waals surface area contributed by atoms with Crippen LogP contribution in [0.1, 0.15) is 0 Å². The standard InChI is InChI=1S/C48H30N2O.C42H26N2S/c1-2-11-31(12-3-1)32-13-10-14-35(27-32)49-43-18-7-4-15-37(43)41-28-33(21-25-45(41)49)34-22-26-46-42(29-34)38-16-5-8-19-44(38)50(46)36-23-24-40-39-17-6-9-20-47(39)51-48(40)30-36;1-2-11-29(12-3-1)43-36-17-7-4-13-30(36)34-25-27(21-23-38(34)43)28-22-24-39-35(26-28)31-14-5-8-18-37(31)44(39)40-19-10-16-33-32-15-6-9-20-41(32)45-42(33)40/h1-30H;1-26H. The molecular weight excluding hydrogens is 1190 g/mol. The third kappa shape index (κ3) is 8.42. The monoisotopic (exact) mass is 1240 g/mol. The van der Waals surface area contributed by atoms with Gasteiger partial charge in [0.25, 0.3) is 0 Å². The van der Waals surface area contributed by atoms with Crippen LogP contribution in [-0.4, -0.2) is 18.3 Å². The fraction of sp³-hybridized carbons (Fsp3) is 0. The summed E-state index contributed by atoms with van der Waals surface area (Å²) in [5.74, 6) is 0. The molecule has 15 aromatic carbocycles. The lowest BCUT2D eigenvalue weighted by Crippen LogP contribution is -1.94. The van der Waals surface area contributed by atoms with Crippen molar-refractivity contribution in [3.63, 3.8) is 0 Å². The molecule has 0 N–H and O–H groups in total. The summed E-state index contributed by atoms with van der Waals surface area (Å²) in [7, 11) is 0. The van der Waals surface area contributed by atoms with Gasteiger partial charge in [0, 0.05) is 92.5 Å². The Labute approximate surface area is 555 Å². The second-order valence-corrected chi connectivity index (χ2v) is 26.2. The van der Waals surface area contributed by atoms with Gasteiger partial charge in [-0.25, -0.2) is 0 Å². The van der Waals surface area contributed by atoms with E-state index >= 15 is 0 Å². The number of hydrogen-bond acceptors (Lipinski definition) is 2. The maximum atomic E-state index is 6.30. The van der Waals surface area contributed by atoms with Crippen molar-refractivity contribution in [1.82, 2.24) is 18.3 Å². The van der Waals surface area contributed by atoms with Crippen LogP contribution in [0.15, 0.2) is 344 Å². The summed E-state index contributed by atoms with van der Waals surface area (Å²) >= 11 is 1.88. The maximum absolute atomic E-state index is 6.30. The van der Waals surface area contributed by atoms with E-state index in [4.69, 9.17) is 4.42 Å². The van der Waals surface area contributed by atoms with E-state index in [1.807, 2.05) is 23.5 Å². The number of benzene rings is 15. The van der Waals surface area contributed by atoms with Gasteiger partial charge in [-0.05, 0) is 161 Å². The molecule has 0 atom stereocenters. The van der Waals surface area contributed by atoms with E-state index < -0.39 is 0 Å². The minimum atomic E-state index is 0.899. The van der Waals surface area contributed by atoms with Gasteiger partial charge in [0.1, 0.15) is 11.2 Å². The van der Waals surface area contributed by atoms with Gasteiger partial charge >= 0.3 is 0 Å². The van der Waals surface area contributed by atoms with E-state index in [0.717, 1.165) is 33.3 Å². The molecule has 0 aliphatic rings. The van der Waals surface area contributed by atoms with Crippen molar-refractivity contribution < 1.29 is 4.42 Å². The minimum Gasteiger partial charge on any atom is -0.456 e. The Morgan fingerprint density at radius 3 is 1.14 bits per heavy atom. The van der Waals surface area contributed by atoms with Crippen LogP contribution in [0.2, 0.25) is 0 Å². The van der Waals surface area contributed by atoms with E-state index in [0.29, 0.717) is 0 Å². The number of thiophene rings is 1. The van der Waals surface area contributed by atoms with Crippen LogP contribution in [0.25, 0.3) is 185 Å². The molecule has 21 rings (SSSR count). The molecule has 0 aliphatic carbocycles. The number of fused-ring (bicyclic) bond motifs is 18. The largest absolute Gasteiger partial charge is 0.456 e. The lowest BCUT2D eigenvalue weighted by atomic mass is 10.0. The summed E-state index contributed by atoms with van der Waals surface area (Å²) in [5.41, 5.74) is 23.4. The van der Waals surface area contributed by atoms with Crippen LogP contribution in [0.4, 0.5) is 0 Å². The fourth-order valence-electron chi connectivity index (χ4n) is 15.5. The first-order valence-electron chi connectivity index (χ1n) is 32.8. The Hall–Kier alpha value is -12.5. The first-order chi connectivity index (χ1) is 47.6. The van der Waals surface area contributed by atoms with Gasteiger partial charge in [0.15, 0.2) is 0 Å². The maximum Gasteiger partial charge on any atom is 0.137 e. The van der Waals surface area contributed by atoms with Crippen molar-refractivity contribution in [2.24, 2.45) is 0 Å². The summed E-state index contributed by atoms with van der Waals surface area (Å²) in [6, 6.07) is 123. The summed E-state index contributed by atoms with van der Waals surface area (Å²) < 4.78 is 18.5. The zero-order chi connectivity index (χ0) is 63.0. The summed E-state index contributed by atoms with van der Waals surface area (Å²) in [6.45, 7) is 0. The highest BCUT2D eigenvalue weighted by Gasteiger charge is 2.21. The minimum absolute atomic E-state index is 0.899. The van der Waals surface area contributed by atoms with Gasteiger partial charge in [-0.15, -0.1) is 11.3 Å². The molecule has 21 aromatic rings. The van der Waals surface area contributed by atoms with Crippen molar-refractivity contribution in [3.05, 3.63) is 340 Å². The molecule has 5 nitrogen and oxygen atoms in total. The van der Waals surface area contributed by atoms with Crippen molar-refractivity contribution >= 4 is 141 Å². The van der Waals surface area contributed by atoms with Gasteiger partial charge < -0.3 is 22.7 Å². The van der Waals surface area contributed by atoms with Crippen molar-refractivity contribution in [3.8, 4) is 56.1 Å². The smallest absolute Gasteiger partial charge is 0.137 e. The average Bonchev–Trinajstić information content (AvgIpc) is 1.59. The van der Waals surface area contributed by atoms with E-state index in [-0.39, 0.29) is 0 Å². The predicted molar refractivity (Wildman–Crippen MR) is 407 cm³/mol. The molecule has 6 aromatic heterocycles. The third-order valence-electron chi connectivity index (χ3n) is 19.8. The zero-order valence-electron chi connectivity index (χ0n) is 51.9. The Balaban J connectivity index is 0.000000132. The lowest BCUT2D eigenvalue weighted by Gasteiger charge is -2.11. The topological polar surface area (TPSA) is 32.9 Å². The highest BCUT2D eigenvalue weighted by Crippen LogP contribution is 2.45. The quantitative estimate of drug-likeness (QED) is 0.157. The number of aromatic nitrogens is 4. The molecule has 0 radical (unpaired) electrons. The third-order valence-corrected chi connectivity index (χ3v) is 21.0. The molecule has 0 saturated heterocycles. The Bertz CT molecular complexity index is 6710. The van der Waals surface area contributed by atoms with Gasteiger partial charge in [-0.1, -0.05) is 206 Å². The number of hydrogen-bond donors (Lipinski definition) is 0. The summed E-state index contributed by atoms with van der Waals surface area (Å²) in [4.78, 5) is 0. The number of furan rings is 1. The molecular formula is C90H56N4OS. The number of rotatable bonds is 7. The summed E-state index contributed by atoms with van der Waals surface area (Å²) in [5, 5.41) is 15.0. The van der Waals surface area contributed by atoms with E-state index in [1.54, 1.807) is 0 Å². The molecule has 96 heavy (non-hydrogen) atoms. The van der Waals surface area contributed by atoms with Gasteiger partial charge in [-0.2, -0.15) is 0 Å². The first kappa shape index (κ1) is 54.1. The molecule has 0 unspecified atom stereocenters. The van der Waals surface area contributed by atoms with Crippen LogP contribution in [-0.2, 0) is 0 Å². The van der Waals surface area contributed by atoms with Crippen molar-refractivity contribution in [2.75, 3.05) is 0 Å². The van der Waals surface area contributed by atoms with Crippen LogP contribution in [0.3, 0.4) is 0 Å². The highest BCUT2D eigenvalue weighted by molar-refractivity contribution is 7.26. The molecule has 6 heterocycles. The first-order valence-corrected chi connectivity index (χ1v) is 33.6. The van der Waals surface area contributed by atoms with Gasteiger partial charge in [-0.3, -0.25) is 0 Å². The zero-order valence-corrected chi connectivity index (χ0v) is 52.8. The van der Waals surface area contributed by atoms with E-state index in [1.165, 1.54) is 152 Å². The van der Waals surface area contributed by atoms with Gasteiger partial charge in [0.2, 0.25) is 0 Å². The molecule has 0 fully saturated rings. The normalized spacial score (nSPS) is 12.0. The Kier molecular flexibility index (Phi) is 12.1. The lowest BCUT2D eigenvalue weighted by molar-refractivity contribution is 0.668. The van der Waals surface area contributed by atoms with Crippen LogP contribution < -0.4 is 0 Å². The van der Waals surface area contributed by atoms with E-state index in [9.17, 15) is 0 Å². The highest BCUT2D eigenvalue weighted by atomic mass is 32.1. The Morgan fingerprint density at radius 1 is 0.198 bits per heavy atom. The summed E-state index contributed by atoms with van der Waals surface area (Å²) in [6.07, 6.45) is 0. The second-order valence-electron chi connectivity index (χ2n) is 25.1. The fourth-order valence-corrected chi connectivity index (χ4v) is 16.7. The molecule has 0 saturated carbocycles. The average molecular weight is 1240 g/mol. The molecule has 0 spiro atoms. The molecule has 0 bridgehead atoms. The van der Waals surface area contributed by atoms with Crippen LogP contribution in [0.5, 0.6) is 0 Å². The van der Waals surface area contributed by atoms with Crippen LogP contribution in [0, 0.1) is 0 Å². The molecule has 0 amide bonds. The Morgan fingerprint density at radius 2 is 0.573 bits per heavy atom. The number of para-hydroxylation sites is 6. The molecule has 0 aliphatic heterocycles. The van der Waals surface area contributed by atoms with Gasteiger partial charge in [0.05, 0.1) is 54.5 Å². The van der Waals surface area contributed by atoms with Crippen molar-refractivity contribution in [2.45, 2.75) is 0 Å². The van der Waals surface area contributed by atoms with Crippen LogP contribution >= 0.6 is 11.3 Å². The van der Waals surface area contributed by atoms with E-state index in [2.05, 4.69) is 346 Å². The number of nitrogens with zero attached hydrogens (tertiary/aromatic N) is 4.